The van der Waals surface area contributed by atoms with Crippen molar-refractivity contribution in [1.29, 1.82) is 0 Å². The van der Waals surface area contributed by atoms with E-state index in [1.165, 1.54) is 38.8 Å². The molecule has 1 atom stereocenters. The van der Waals surface area contributed by atoms with E-state index >= 15 is 0 Å². The average molecular weight is 284 g/mol. The van der Waals surface area contributed by atoms with Crippen molar-refractivity contribution < 1.29 is 4.42 Å². The van der Waals surface area contributed by atoms with Gasteiger partial charge in [0.15, 0.2) is 0 Å². The number of rotatable bonds is 7. The molecule has 1 unspecified atom stereocenters. The predicted molar refractivity (Wildman–Crippen MR) is 85.0 cm³/mol. The lowest BCUT2D eigenvalue weighted by atomic mass is 10.2. The lowest BCUT2D eigenvalue weighted by Gasteiger charge is -2.24. The van der Waals surface area contributed by atoms with Gasteiger partial charge in [-0.1, -0.05) is 18.2 Å². The van der Waals surface area contributed by atoms with Crippen LogP contribution in [-0.4, -0.2) is 24.5 Å². The number of benzene rings is 1. The van der Waals surface area contributed by atoms with Gasteiger partial charge in [0, 0.05) is 25.0 Å². The predicted octanol–water partition coefficient (Wildman–Crippen LogP) is 3.55. The number of furan rings is 1. The van der Waals surface area contributed by atoms with Gasteiger partial charge in [0.2, 0.25) is 0 Å². The normalized spacial score (nSPS) is 20.3. The van der Waals surface area contributed by atoms with E-state index in [0.29, 0.717) is 0 Å². The van der Waals surface area contributed by atoms with E-state index in [0.717, 1.165) is 35.1 Å². The van der Waals surface area contributed by atoms with Crippen LogP contribution in [0.5, 0.6) is 0 Å². The first-order valence-corrected chi connectivity index (χ1v) is 8.24. The van der Waals surface area contributed by atoms with Crippen molar-refractivity contribution in [2.75, 3.05) is 19.6 Å². The van der Waals surface area contributed by atoms with Crippen LogP contribution in [0.25, 0.3) is 11.0 Å². The van der Waals surface area contributed by atoms with Crippen LogP contribution in [0.3, 0.4) is 0 Å². The van der Waals surface area contributed by atoms with E-state index in [4.69, 9.17) is 10.2 Å². The van der Waals surface area contributed by atoms with Crippen LogP contribution in [0.15, 0.2) is 34.7 Å². The molecule has 2 N–H and O–H groups in total. The summed E-state index contributed by atoms with van der Waals surface area (Å²) in [5, 5.41) is 1.15. The van der Waals surface area contributed by atoms with Crippen molar-refractivity contribution in [3.63, 3.8) is 0 Å². The fraction of sp³-hybridized carbons (Fsp3) is 0.556. The second-order valence-corrected chi connectivity index (χ2v) is 6.90. The Morgan fingerprint density at radius 3 is 2.38 bits per heavy atom. The molecule has 0 bridgehead atoms. The largest absolute Gasteiger partial charge is 0.459 e. The van der Waals surface area contributed by atoms with Crippen LogP contribution in [0.4, 0.5) is 0 Å². The third kappa shape index (κ3) is 3.30. The van der Waals surface area contributed by atoms with E-state index in [1.54, 1.807) is 0 Å². The molecule has 4 rings (SSSR count). The van der Waals surface area contributed by atoms with Crippen LogP contribution in [0, 0.1) is 11.8 Å². The number of fused-ring (bicyclic) bond motifs is 1. The highest BCUT2D eigenvalue weighted by atomic mass is 16.3. The number of hydrogen-bond acceptors (Lipinski definition) is 3. The summed E-state index contributed by atoms with van der Waals surface area (Å²) in [6.07, 6.45) is 5.62. The van der Waals surface area contributed by atoms with E-state index in [9.17, 15) is 0 Å². The van der Waals surface area contributed by atoms with Gasteiger partial charge >= 0.3 is 0 Å². The van der Waals surface area contributed by atoms with Gasteiger partial charge in [-0.15, -0.1) is 0 Å². The van der Waals surface area contributed by atoms with Crippen molar-refractivity contribution >= 4 is 11.0 Å². The van der Waals surface area contributed by atoms with Crippen LogP contribution in [0.2, 0.25) is 0 Å². The summed E-state index contributed by atoms with van der Waals surface area (Å²) in [6, 6.07) is 10.2. The Bertz CT molecular complexity index is 565. The molecule has 1 heterocycles. The summed E-state index contributed by atoms with van der Waals surface area (Å²) in [7, 11) is 0. The Morgan fingerprint density at radius 1 is 1.10 bits per heavy atom. The first-order valence-electron chi connectivity index (χ1n) is 8.24. The molecular formula is C18H24N2O. The second-order valence-electron chi connectivity index (χ2n) is 6.90. The molecule has 2 aromatic rings. The summed E-state index contributed by atoms with van der Waals surface area (Å²) in [5.41, 5.74) is 7.36. The number of para-hydroxylation sites is 1. The van der Waals surface area contributed by atoms with Crippen molar-refractivity contribution in [3.8, 4) is 0 Å². The summed E-state index contributed by atoms with van der Waals surface area (Å²) in [6.45, 7) is 3.38. The molecule has 0 aliphatic heterocycles. The van der Waals surface area contributed by atoms with Gasteiger partial charge in [-0.05, 0) is 49.7 Å². The highest BCUT2D eigenvalue weighted by Crippen LogP contribution is 2.34. The van der Waals surface area contributed by atoms with E-state index < -0.39 is 0 Å². The van der Waals surface area contributed by atoms with E-state index in [2.05, 4.69) is 17.0 Å². The Hall–Kier alpha value is -1.32. The van der Waals surface area contributed by atoms with E-state index in [-0.39, 0.29) is 6.04 Å². The first-order chi connectivity index (χ1) is 10.3. The zero-order valence-electron chi connectivity index (χ0n) is 12.5. The molecule has 2 aliphatic carbocycles. The molecule has 1 aromatic heterocycles. The average Bonchev–Trinajstić information content (AvgIpc) is 3.39. The standard InChI is InChI=1S/C18H24N2O/c19-16(18-9-15-3-1-2-4-17(15)21-18)12-20(10-13-5-6-13)11-14-7-8-14/h1-4,9,13-14,16H,5-8,10-12,19H2. The quantitative estimate of drug-likeness (QED) is 0.845. The SMILES string of the molecule is NC(CN(CC1CC1)CC1CC1)c1cc2ccccc2o1. The Balaban J connectivity index is 1.45. The van der Waals surface area contributed by atoms with Crippen LogP contribution < -0.4 is 5.73 Å². The fourth-order valence-electron chi connectivity index (χ4n) is 3.11. The zero-order valence-corrected chi connectivity index (χ0v) is 12.5. The summed E-state index contributed by atoms with van der Waals surface area (Å²) in [4.78, 5) is 2.58. The maximum absolute atomic E-state index is 6.42. The molecule has 2 aliphatic rings. The number of nitrogens with two attached hydrogens (primary N) is 1. The molecule has 0 spiro atoms. The number of hydrogen-bond donors (Lipinski definition) is 1. The van der Waals surface area contributed by atoms with Gasteiger partial charge in [0.05, 0.1) is 6.04 Å². The maximum Gasteiger partial charge on any atom is 0.134 e. The lowest BCUT2D eigenvalue weighted by molar-refractivity contribution is 0.230. The molecule has 112 valence electrons. The summed E-state index contributed by atoms with van der Waals surface area (Å²) in [5.74, 6) is 2.77. The van der Waals surface area contributed by atoms with Crippen LogP contribution >= 0.6 is 0 Å². The molecule has 21 heavy (non-hydrogen) atoms. The molecule has 2 saturated carbocycles. The van der Waals surface area contributed by atoms with Gasteiger partial charge in [0.1, 0.15) is 11.3 Å². The summed E-state index contributed by atoms with van der Waals surface area (Å²) < 4.78 is 5.92. The van der Waals surface area contributed by atoms with Crippen LogP contribution in [0.1, 0.15) is 37.5 Å². The molecule has 3 heteroatoms. The molecule has 0 saturated heterocycles. The highest BCUT2D eigenvalue weighted by molar-refractivity contribution is 5.77. The van der Waals surface area contributed by atoms with E-state index in [1.807, 2.05) is 18.2 Å². The van der Waals surface area contributed by atoms with Crippen molar-refractivity contribution in [2.45, 2.75) is 31.7 Å². The molecule has 3 nitrogen and oxygen atoms in total. The van der Waals surface area contributed by atoms with Gasteiger partial charge in [-0.25, -0.2) is 0 Å². The lowest BCUT2D eigenvalue weighted by Crippen LogP contribution is -2.35. The Kier molecular flexibility index (Phi) is 3.48. The highest BCUT2D eigenvalue weighted by Gasteiger charge is 2.30. The third-order valence-corrected chi connectivity index (χ3v) is 4.69. The first kappa shape index (κ1) is 13.4. The fourth-order valence-corrected chi connectivity index (χ4v) is 3.11. The van der Waals surface area contributed by atoms with Gasteiger partial charge in [0.25, 0.3) is 0 Å². The van der Waals surface area contributed by atoms with Gasteiger partial charge in [-0.3, -0.25) is 0 Å². The van der Waals surface area contributed by atoms with Gasteiger partial charge in [-0.2, -0.15) is 0 Å². The smallest absolute Gasteiger partial charge is 0.134 e. The van der Waals surface area contributed by atoms with Gasteiger partial charge < -0.3 is 15.1 Å². The van der Waals surface area contributed by atoms with Crippen LogP contribution in [-0.2, 0) is 0 Å². The molecule has 0 radical (unpaired) electrons. The monoisotopic (exact) mass is 284 g/mol. The topological polar surface area (TPSA) is 42.4 Å². The van der Waals surface area contributed by atoms with Crippen molar-refractivity contribution in [3.05, 3.63) is 36.1 Å². The molecule has 1 aromatic carbocycles. The minimum atomic E-state index is -0.0186. The number of nitrogens with zero attached hydrogens (tertiary/aromatic N) is 1. The Labute approximate surface area is 126 Å². The molecule has 2 fully saturated rings. The van der Waals surface area contributed by atoms with Crippen molar-refractivity contribution in [1.82, 2.24) is 4.90 Å². The Morgan fingerprint density at radius 2 is 1.76 bits per heavy atom. The molecular weight excluding hydrogens is 260 g/mol. The van der Waals surface area contributed by atoms with Crippen molar-refractivity contribution in [2.24, 2.45) is 17.6 Å². The maximum atomic E-state index is 6.42. The zero-order chi connectivity index (χ0) is 14.2. The molecule has 0 amide bonds. The minimum absolute atomic E-state index is 0.0186. The third-order valence-electron chi connectivity index (χ3n) is 4.69. The second kappa shape index (κ2) is 5.47. The summed E-state index contributed by atoms with van der Waals surface area (Å²) >= 11 is 0. The minimum Gasteiger partial charge on any atom is -0.459 e.